The first-order valence-corrected chi connectivity index (χ1v) is 7.94. The van der Waals surface area contributed by atoms with Gasteiger partial charge >= 0.3 is 0 Å². The van der Waals surface area contributed by atoms with Crippen LogP contribution >= 0.6 is 0 Å². The number of hydrogen-bond acceptors (Lipinski definition) is 4. The fourth-order valence-corrected chi connectivity index (χ4v) is 2.40. The largest absolute Gasteiger partial charge is 0.491 e. The third kappa shape index (κ3) is 6.46. The summed E-state index contributed by atoms with van der Waals surface area (Å²) in [5.74, 6) is 0.811. The highest BCUT2D eigenvalue weighted by Gasteiger charge is 2.13. The van der Waals surface area contributed by atoms with Crippen LogP contribution in [-0.2, 0) is 15.9 Å². The molecule has 1 unspecified atom stereocenters. The maximum atomic E-state index is 8.70. The molecule has 0 radical (unpaired) electrons. The van der Waals surface area contributed by atoms with Gasteiger partial charge in [-0.05, 0) is 56.2 Å². The SMILES string of the molecule is OCCOc1ccc(CCCCOC2CCCCO2)cc1. The van der Waals surface area contributed by atoms with Crippen LogP contribution in [0.2, 0.25) is 0 Å². The predicted octanol–water partition coefficient (Wildman–Crippen LogP) is 2.92. The third-order valence-corrected chi connectivity index (χ3v) is 3.58. The summed E-state index contributed by atoms with van der Waals surface area (Å²) >= 11 is 0. The van der Waals surface area contributed by atoms with Crippen molar-refractivity contribution >= 4 is 0 Å². The van der Waals surface area contributed by atoms with E-state index in [1.807, 2.05) is 12.1 Å². The van der Waals surface area contributed by atoms with Gasteiger partial charge in [0.25, 0.3) is 0 Å². The lowest BCUT2D eigenvalue weighted by atomic mass is 10.1. The lowest BCUT2D eigenvalue weighted by molar-refractivity contribution is -0.162. The van der Waals surface area contributed by atoms with E-state index in [0.717, 1.165) is 51.1 Å². The summed E-state index contributed by atoms with van der Waals surface area (Å²) in [6.45, 7) is 2.02. The van der Waals surface area contributed by atoms with Crippen molar-refractivity contribution in [1.82, 2.24) is 0 Å². The lowest BCUT2D eigenvalue weighted by Gasteiger charge is -2.22. The van der Waals surface area contributed by atoms with Crippen LogP contribution in [-0.4, -0.2) is 37.8 Å². The third-order valence-electron chi connectivity index (χ3n) is 3.58. The Bertz CT molecular complexity index is 371. The van der Waals surface area contributed by atoms with Gasteiger partial charge in [0.05, 0.1) is 6.61 Å². The van der Waals surface area contributed by atoms with Gasteiger partial charge in [0.15, 0.2) is 6.29 Å². The van der Waals surface area contributed by atoms with Crippen LogP contribution in [0.3, 0.4) is 0 Å². The van der Waals surface area contributed by atoms with Crippen molar-refractivity contribution in [2.75, 3.05) is 26.4 Å². The molecule has 1 heterocycles. The highest BCUT2D eigenvalue weighted by Crippen LogP contribution is 2.16. The van der Waals surface area contributed by atoms with Crippen LogP contribution in [0.1, 0.15) is 37.7 Å². The molecule has 1 aromatic carbocycles. The first-order chi connectivity index (χ1) is 10.4. The second kappa shape index (κ2) is 9.77. The molecule has 0 spiro atoms. The Hall–Kier alpha value is -1.10. The van der Waals surface area contributed by atoms with Crippen molar-refractivity contribution in [3.63, 3.8) is 0 Å². The minimum Gasteiger partial charge on any atom is -0.491 e. The van der Waals surface area contributed by atoms with E-state index in [9.17, 15) is 0 Å². The molecular weight excluding hydrogens is 268 g/mol. The molecule has 0 aliphatic carbocycles. The van der Waals surface area contributed by atoms with Crippen molar-refractivity contribution in [3.8, 4) is 5.75 Å². The highest BCUT2D eigenvalue weighted by atomic mass is 16.7. The number of aliphatic hydroxyl groups excluding tert-OH is 1. The second-order valence-corrected chi connectivity index (χ2v) is 5.34. The average molecular weight is 294 g/mol. The van der Waals surface area contributed by atoms with Gasteiger partial charge in [-0.25, -0.2) is 0 Å². The van der Waals surface area contributed by atoms with Crippen molar-refractivity contribution in [2.24, 2.45) is 0 Å². The molecule has 0 bridgehead atoms. The molecule has 1 N–H and O–H groups in total. The van der Waals surface area contributed by atoms with E-state index in [4.69, 9.17) is 19.3 Å². The Balaban J connectivity index is 1.55. The molecular formula is C17H26O4. The van der Waals surface area contributed by atoms with Crippen LogP contribution in [0.25, 0.3) is 0 Å². The predicted molar refractivity (Wildman–Crippen MR) is 81.5 cm³/mol. The van der Waals surface area contributed by atoms with E-state index in [-0.39, 0.29) is 12.9 Å². The quantitative estimate of drug-likeness (QED) is 0.711. The van der Waals surface area contributed by atoms with Gasteiger partial charge in [-0.1, -0.05) is 12.1 Å². The Kier molecular flexibility index (Phi) is 7.57. The van der Waals surface area contributed by atoms with Gasteiger partial charge in [-0.2, -0.15) is 0 Å². The second-order valence-electron chi connectivity index (χ2n) is 5.34. The zero-order valence-corrected chi connectivity index (χ0v) is 12.6. The van der Waals surface area contributed by atoms with E-state index in [0.29, 0.717) is 6.61 Å². The van der Waals surface area contributed by atoms with Gasteiger partial charge < -0.3 is 19.3 Å². The fraction of sp³-hybridized carbons (Fsp3) is 0.647. The fourth-order valence-electron chi connectivity index (χ4n) is 2.40. The summed E-state index contributed by atoms with van der Waals surface area (Å²) < 4.78 is 16.6. The first-order valence-electron chi connectivity index (χ1n) is 7.94. The number of hydrogen-bond donors (Lipinski definition) is 1. The molecule has 0 aromatic heterocycles. The number of benzene rings is 1. The Labute approximate surface area is 127 Å². The Morgan fingerprint density at radius 1 is 1.10 bits per heavy atom. The number of aryl methyl sites for hydroxylation is 1. The van der Waals surface area contributed by atoms with E-state index >= 15 is 0 Å². The molecule has 1 saturated heterocycles. The smallest absolute Gasteiger partial charge is 0.157 e. The van der Waals surface area contributed by atoms with Crippen LogP contribution < -0.4 is 4.74 Å². The lowest BCUT2D eigenvalue weighted by Crippen LogP contribution is -2.22. The molecule has 4 nitrogen and oxygen atoms in total. The van der Waals surface area contributed by atoms with Crippen LogP contribution in [0, 0.1) is 0 Å². The molecule has 0 amide bonds. The van der Waals surface area contributed by atoms with E-state index in [1.54, 1.807) is 0 Å². The normalized spacial score (nSPS) is 18.6. The molecule has 1 aromatic rings. The summed E-state index contributed by atoms with van der Waals surface area (Å²) in [7, 11) is 0. The maximum Gasteiger partial charge on any atom is 0.157 e. The number of ether oxygens (including phenoxy) is 3. The standard InChI is InChI=1S/C17H26O4/c18-11-14-19-16-9-7-15(8-10-16)5-1-3-12-20-17-6-2-4-13-21-17/h7-10,17-18H,1-6,11-14H2. The van der Waals surface area contributed by atoms with E-state index < -0.39 is 0 Å². The number of unbranched alkanes of at least 4 members (excludes halogenated alkanes) is 1. The highest BCUT2D eigenvalue weighted by molar-refractivity contribution is 5.27. The minimum atomic E-state index is 0.0294. The minimum absolute atomic E-state index is 0.0294. The molecule has 118 valence electrons. The van der Waals surface area contributed by atoms with Gasteiger partial charge in [-0.15, -0.1) is 0 Å². The molecule has 0 saturated carbocycles. The molecule has 1 aliphatic rings. The van der Waals surface area contributed by atoms with Gasteiger partial charge in [-0.3, -0.25) is 0 Å². The molecule has 1 atom stereocenters. The van der Waals surface area contributed by atoms with Gasteiger partial charge in [0.1, 0.15) is 12.4 Å². The zero-order chi connectivity index (χ0) is 14.8. The number of aliphatic hydroxyl groups is 1. The number of rotatable bonds is 9. The summed E-state index contributed by atoms with van der Waals surface area (Å²) in [6.07, 6.45) is 6.67. The Morgan fingerprint density at radius 2 is 1.95 bits per heavy atom. The van der Waals surface area contributed by atoms with Crippen LogP contribution in [0.4, 0.5) is 0 Å². The molecule has 1 aliphatic heterocycles. The topological polar surface area (TPSA) is 47.9 Å². The van der Waals surface area contributed by atoms with Crippen molar-refractivity contribution in [3.05, 3.63) is 29.8 Å². The van der Waals surface area contributed by atoms with Crippen molar-refractivity contribution in [2.45, 2.75) is 44.8 Å². The summed E-state index contributed by atoms with van der Waals surface area (Å²) in [4.78, 5) is 0. The van der Waals surface area contributed by atoms with Gasteiger partial charge in [0.2, 0.25) is 0 Å². The molecule has 21 heavy (non-hydrogen) atoms. The van der Waals surface area contributed by atoms with Crippen LogP contribution in [0.5, 0.6) is 5.75 Å². The van der Waals surface area contributed by atoms with Crippen molar-refractivity contribution < 1.29 is 19.3 Å². The van der Waals surface area contributed by atoms with E-state index in [2.05, 4.69) is 12.1 Å². The van der Waals surface area contributed by atoms with Gasteiger partial charge in [0, 0.05) is 13.2 Å². The maximum absolute atomic E-state index is 8.70. The molecule has 1 fully saturated rings. The summed E-state index contributed by atoms with van der Waals surface area (Å²) in [5, 5.41) is 8.70. The monoisotopic (exact) mass is 294 g/mol. The zero-order valence-electron chi connectivity index (χ0n) is 12.6. The summed E-state index contributed by atoms with van der Waals surface area (Å²) in [6, 6.07) is 8.07. The Morgan fingerprint density at radius 3 is 2.67 bits per heavy atom. The van der Waals surface area contributed by atoms with Crippen LogP contribution in [0.15, 0.2) is 24.3 Å². The molecule has 2 rings (SSSR count). The van der Waals surface area contributed by atoms with E-state index in [1.165, 1.54) is 12.0 Å². The first kappa shape index (κ1) is 16.3. The summed E-state index contributed by atoms with van der Waals surface area (Å²) in [5.41, 5.74) is 1.31. The average Bonchev–Trinajstić information content (AvgIpc) is 2.55. The molecule has 4 heteroatoms. The van der Waals surface area contributed by atoms with Crippen molar-refractivity contribution in [1.29, 1.82) is 0 Å².